The molecule has 2 aromatic heterocycles. The number of carbonyl (C=O) groups excluding carboxylic acids is 1. The van der Waals surface area contributed by atoms with Gasteiger partial charge in [-0.25, -0.2) is 4.98 Å². The molecule has 0 amide bonds. The van der Waals surface area contributed by atoms with Crippen molar-refractivity contribution >= 4 is 33.7 Å². The van der Waals surface area contributed by atoms with E-state index >= 15 is 0 Å². The second kappa shape index (κ2) is 5.43. The van der Waals surface area contributed by atoms with Crippen molar-refractivity contribution in [3.63, 3.8) is 0 Å². The number of Topliss-reactive ketones (excluding diaryl/α,β-unsaturated/α-hetero) is 1. The molecule has 0 unspecified atom stereocenters. The summed E-state index contributed by atoms with van der Waals surface area (Å²) in [6.45, 7) is 0. The number of hydrogen-bond donors (Lipinski definition) is 1. The van der Waals surface area contributed by atoms with Gasteiger partial charge in [-0.3, -0.25) is 4.79 Å². The average molecular weight is 282 g/mol. The second-order valence-corrected chi connectivity index (χ2v) is 5.65. The van der Waals surface area contributed by atoms with Gasteiger partial charge in [0.15, 0.2) is 5.78 Å². The molecule has 4 heteroatoms. The van der Waals surface area contributed by atoms with E-state index in [2.05, 4.69) is 4.98 Å². The first-order valence-corrected chi connectivity index (χ1v) is 7.33. The van der Waals surface area contributed by atoms with E-state index in [1.165, 1.54) is 4.88 Å². The Kier molecular flexibility index (Phi) is 3.48. The number of rotatable bonds is 4. The summed E-state index contributed by atoms with van der Waals surface area (Å²) in [6.07, 6.45) is 1.22. The zero-order valence-corrected chi connectivity index (χ0v) is 11.7. The molecule has 0 aliphatic rings. The summed E-state index contributed by atoms with van der Waals surface area (Å²) in [7, 11) is 0. The lowest BCUT2D eigenvalue weighted by Crippen LogP contribution is -2.05. The van der Waals surface area contributed by atoms with Gasteiger partial charge in [-0.15, -0.1) is 11.3 Å². The lowest BCUT2D eigenvalue weighted by molar-refractivity contribution is 0.0978. The molecule has 2 N–H and O–H groups in total. The van der Waals surface area contributed by atoms with Crippen LogP contribution >= 0.6 is 11.3 Å². The van der Waals surface area contributed by atoms with Gasteiger partial charge in [-0.05, 0) is 30.0 Å². The molecule has 3 nitrogen and oxygen atoms in total. The highest BCUT2D eigenvalue weighted by Crippen LogP contribution is 2.21. The summed E-state index contributed by atoms with van der Waals surface area (Å²) < 4.78 is 0. The number of nitrogens with two attached hydrogens (primary N) is 1. The van der Waals surface area contributed by atoms with E-state index in [1.54, 1.807) is 17.4 Å². The van der Waals surface area contributed by atoms with E-state index in [-0.39, 0.29) is 5.78 Å². The molecule has 3 aromatic rings. The standard InChI is InChI=1S/C16H14N2OS/c17-13-10-15(18-14-6-2-1-5-12(13)14)16(19)8-7-11-4-3-9-20-11/h1-6,9-10H,7-8H2,(H2,17,18). The molecule has 2 heterocycles. The molecular weight excluding hydrogens is 268 g/mol. The van der Waals surface area contributed by atoms with Crippen LogP contribution in [0.3, 0.4) is 0 Å². The van der Waals surface area contributed by atoms with Gasteiger partial charge in [-0.1, -0.05) is 24.3 Å². The van der Waals surface area contributed by atoms with Crippen molar-refractivity contribution in [3.05, 3.63) is 58.4 Å². The Hall–Kier alpha value is -2.20. The van der Waals surface area contributed by atoms with Crippen molar-refractivity contribution < 1.29 is 4.79 Å². The van der Waals surface area contributed by atoms with Gasteiger partial charge in [0, 0.05) is 22.4 Å². The van der Waals surface area contributed by atoms with Crippen molar-refractivity contribution in [2.45, 2.75) is 12.8 Å². The molecule has 0 aliphatic carbocycles. The Morgan fingerprint density at radius 2 is 2.05 bits per heavy atom. The van der Waals surface area contributed by atoms with E-state index in [0.29, 0.717) is 17.8 Å². The lowest BCUT2D eigenvalue weighted by Gasteiger charge is -2.05. The molecule has 0 aliphatic heterocycles. The fourth-order valence-corrected chi connectivity index (χ4v) is 2.87. The lowest BCUT2D eigenvalue weighted by atomic mass is 10.1. The minimum Gasteiger partial charge on any atom is -0.398 e. The third kappa shape index (κ3) is 2.56. The highest BCUT2D eigenvalue weighted by Gasteiger charge is 2.11. The van der Waals surface area contributed by atoms with Gasteiger partial charge in [-0.2, -0.15) is 0 Å². The Labute approximate surface area is 121 Å². The largest absolute Gasteiger partial charge is 0.398 e. The first-order chi connectivity index (χ1) is 9.74. The number of thiophene rings is 1. The van der Waals surface area contributed by atoms with Crippen LogP contribution in [-0.4, -0.2) is 10.8 Å². The predicted molar refractivity (Wildman–Crippen MR) is 83.1 cm³/mol. The van der Waals surface area contributed by atoms with Crippen molar-refractivity contribution in [1.82, 2.24) is 4.98 Å². The fraction of sp³-hybridized carbons (Fsp3) is 0.125. The normalized spacial score (nSPS) is 10.8. The quantitative estimate of drug-likeness (QED) is 0.742. The van der Waals surface area contributed by atoms with Crippen molar-refractivity contribution in [2.75, 3.05) is 5.73 Å². The van der Waals surface area contributed by atoms with Crippen molar-refractivity contribution in [1.29, 1.82) is 0 Å². The first kappa shape index (κ1) is 12.8. The van der Waals surface area contributed by atoms with Crippen LogP contribution in [0.2, 0.25) is 0 Å². The Morgan fingerprint density at radius 1 is 1.20 bits per heavy atom. The van der Waals surface area contributed by atoms with Gasteiger partial charge >= 0.3 is 0 Å². The minimum absolute atomic E-state index is 0.0378. The van der Waals surface area contributed by atoms with Gasteiger partial charge in [0.25, 0.3) is 0 Å². The Bertz CT molecular complexity index is 750. The number of para-hydroxylation sites is 1. The van der Waals surface area contributed by atoms with Crippen molar-refractivity contribution in [3.8, 4) is 0 Å². The predicted octanol–water partition coefficient (Wildman–Crippen LogP) is 3.69. The molecule has 20 heavy (non-hydrogen) atoms. The van der Waals surface area contributed by atoms with Crippen LogP contribution in [0.5, 0.6) is 0 Å². The first-order valence-electron chi connectivity index (χ1n) is 6.45. The monoisotopic (exact) mass is 282 g/mol. The number of nitrogens with zero attached hydrogens (tertiary/aromatic N) is 1. The number of ketones is 1. The van der Waals surface area contributed by atoms with E-state index in [1.807, 2.05) is 41.8 Å². The molecule has 1 aromatic carbocycles. The smallest absolute Gasteiger partial charge is 0.181 e. The van der Waals surface area contributed by atoms with Crippen LogP contribution in [0.25, 0.3) is 10.9 Å². The minimum atomic E-state index is 0.0378. The molecule has 100 valence electrons. The number of fused-ring (bicyclic) bond motifs is 1. The van der Waals surface area contributed by atoms with Crippen LogP contribution in [0, 0.1) is 0 Å². The third-order valence-electron chi connectivity index (χ3n) is 3.21. The summed E-state index contributed by atoms with van der Waals surface area (Å²) in [5.74, 6) is 0.0378. The summed E-state index contributed by atoms with van der Waals surface area (Å²) in [4.78, 5) is 17.8. The fourth-order valence-electron chi connectivity index (χ4n) is 2.16. The molecule has 0 atom stereocenters. The zero-order valence-electron chi connectivity index (χ0n) is 10.9. The highest BCUT2D eigenvalue weighted by molar-refractivity contribution is 7.09. The van der Waals surface area contributed by atoms with Gasteiger partial charge in [0.1, 0.15) is 5.69 Å². The van der Waals surface area contributed by atoms with E-state index < -0.39 is 0 Å². The van der Waals surface area contributed by atoms with Gasteiger partial charge in [0.05, 0.1) is 5.52 Å². The Balaban J connectivity index is 1.84. The summed E-state index contributed by atoms with van der Waals surface area (Å²) >= 11 is 1.67. The maximum absolute atomic E-state index is 12.2. The number of carbonyl (C=O) groups is 1. The molecule has 3 rings (SSSR count). The van der Waals surface area contributed by atoms with E-state index in [9.17, 15) is 4.79 Å². The van der Waals surface area contributed by atoms with Crippen LogP contribution in [0.4, 0.5) is 5.69 Å². The van der Waals surface area contributed by atoms with E-state index in [4.69, 9.17) is 5.73 Å². The molecule has 0 saturated carbocycles. The SMILES string of the molecule is Nc1cc(C(=O)CCc2cccs2)nc2ccccc12. The molecule has 0 spiro atoms. The maximum atomic E-state index is 12.2. The summed E-state index contributed by atoms with van der Waals surface area (Å²) in [5.41, 5.74) is 7.83. The Morgan fingerprint density at radius 3 is 2.85 bits per heavy atom. The third-order valence-corrected chi connectivity index (χ3v) is 4.15. The van der Waals surface area contributed by atoms with Gasteiger partial charge in [0.2, 0.25) is 0 Å². The van der Waals surface area contributed by atoms with Crippen molar-refractivity contribution in [2.24, 2.45) is 0 Å². The topological polar surface area (TPSA) is 56.0 Å². The molecule has 0 radical (unpaired) electrons. The molecular formula is C16H14N2OS. The maximum Gasteiger partial charge on any atom is 0.181 e. The molecule has 0 fully saturated rings. The number of anilines is 1. The van der Waals surface area contributed by atoms with Crippen LogP contribution < -0.4 is 5.73 Å². The number of aryl methyl sites for hydroxylation is 1. The number of nitrogen functional groups attached to an aromatic ring is 1. The zero-order chi connectivity index (χ0) is 13.9. The van der Waals surface area contributed by atoms with Gasteiger partial charge < -0.3 is 5.73 Å². The van der Waals surface area contributed by atoms with Crippen LogP contribution in [0.15, 0.2) is 47.8 Å². The second-order valence-electron chi connectivity index (χ2n) is 4.62. The summed E-state index contributed by atoms with van der Waals surface area (Å²) in [6, 6.07) is 13.3. The summed E-state index contributed by atoms with van der Waals surface area (Å²) in [5, 5.41) is 2.91. The molecule has 0 bridgehead atoms. The molecule has 0 saturated heterocycles. The number of hydrogen-bond acceptors (Lipinski definition) is 4. The van der Waals surface area contributed by atoms with E-state index in [0.717, 1.165) is 17.3 Å². The van der Waals surface area contributed by atoms with Crippen LogP contribution in [0.1, 0.15) is 21.8 Å². The average Bonchev–Trinajstić information content (AvgIpc) is 2.98. The number of benzene rings is 1. The number of pyridine rings is 1. The van der Waals surface area contributed by atoms with Crippen LogP contribution in [-0.2, 0) is 6.42 Å². The number of aromatic nitrogens is 1. The highest BCUT2D eigenvalue weighted by atomic mass is 32.1.